The second-order valence-electron chi connectivity index (χ2n) is 5.81. The molecule has 2 rings (SSSR count). The van der Waals surface area contributed by atoms with E-state index < -0.39 is 11.3 Å². The molecule has 1 aromatic carbocycles. The Morgan fingerprint density at radius 3 is 2.52 bits per heavy atom. The highest BCUT2D eigenvalue weighted by Gasteiger charge is 2.39. The summed E-state index contributed by atoms with van der Waals surface area (Å²) in [6, 6.07) is 5.10. The standard InChI is InChI=1S/C16H23N3O3.ClH/c1-11-9-12(3-4-13(11)14(17)20)19-15(21)16(10-22-2)5-7-18-8-6-16;/h3-4,9,18H,5-8,10H2,1-2H3,(H2,17,20)(H,19,21);1H. The summed E-state index contributed by atoms with van der Waals surface area (Å²) >= 11 is 0. The van der Waals surface area contributed by atoms with Crippen molar-refractivity contribution in [3.05, 3.63) is 29.3 Å². The molecule has 1 fully saturated rings. The number of halogens is 1. The number of nitrogens with two attached hydrogens (primary N) is 1. The molecular weight excluding hydrogens is 318 g/mol. The Hall–Kier alpha value is -1.63. The first kappa shape index (κ1) is 19.4. The summed E-state index contributed by atoms with van der Waals surface area (Å²) in [5.74, 6) is -0.508. The van der Waals surface area contributed by atoms with Gasteiger partial charge in [0.2, 0.25) is 11.8 Å². The van der Waals surface area contributed by atoms with Gasteiger partial charge in [-0.05, 0) is 56.6 Å². The van der Waals surface area contributed by atoms with Gasteiger partial charge in [-0.1, -0.05) is 0 Å². The van der Waals surface area contributed by atoms with E-state index in [4.69, 9.17) is 10.5 Å². The molecule has 0 unspecified atom stereocenters. The molecule has 0 atom stereocenters. The van der Waals surface area contributed by atoms with E-state index in [1.165, 1.54) is 0 Å². The minimum atomic E-state index is -0.504. The molecular formula is C16H24ClN3O3. The number of benzene rings is 1. The molecule has 0 bridgehead atoms. The first-order valence-corrected chi connectivity index (χ1v) is 7.40. The van der Waals surface area contributed by atoms with Crippen molar-refractivity contribution in [3.63, 3.8) is 0 Å². The van der Waals surface area contributed by atoms with E-state index in [2.05, 4.69) is 10.6 Å². The van der Waals surface area contributed by atoms with E-state index >= 15 is 0 Å². The molecule has 0 aliphatic carbocycles. The zero-order valence-electron chi connectivity index (χ0n) is 13.5. The van der Waals surface area contributed by atoms with Gasteiger partial charge >= 0.3 is 0 Å². The van der Waals surface area contributed by atoms with E-state index in [-0.39, 0.29) is 18.3 Å². The number of methoxy groups -OCH3 is 1. The summed E-state index contributed by atoms with van der Waals surface area (Å²) in [5, 5.41) is 6.20. The minimum absolute atomic E-state index is 0. The Balaban J connectivity index is 0.00000264. The lowest BCUT2D eigenvalue weighted by Crippen LogP contribution is -2.47. The fourth-order valence-electron chi connectivity index (χ4n) is 2.90. The Kier molecular flexibility index (Phi) is 7.00. The topological polar surface area (TPSA) is 93.4 Å². The Morgan fingerprint density at radius 2 is 2.00 bits per heavy atom. The third-order valence-corrected chi connectivity index (χ3v) is 4.21. The van der Waals surface area contributed by atoms with Crippen LogP contribution >= 0.6 is 12.4 Å². The smallest absolute Gasteiger partial charge is 0.248 e. The highest BCUT2D eigenvalue weighted by Crippen LogP contribution is 2.31. The first-order chi connectivity index (χ1) is 10.5. The summed E-state index contributed by atoms with van der Waals surface area (Å²) in [7, 11) is 1.61. The summed E-state index contributed by atoms with van der Waals surface area (Å²) in [6.07, 6.45) is 1.48. The van der Waals surface area contributed by atoms with Gasteiger partial charge in [0.15, 0.2) is 0 Å². The number of ether oxygens (including phenoxy) is 1. The van der Waals surface area contributed by atoms with Crippen LogP contribution in [0.2, 0.25) is 0 Å². The van der Waals surface area contributed by atoms with Crippen molar-refractivity contribution in [1.82, 2.24) is 5.32 Å². The molecule has 23 heavy (non-hydrogen) atoms. The van der Waals surface area contributed by atoms with E-state index in [9.17, 15) is 9.59 Å². The fourth-order valence-corrected chi connectivity index (χ4v) is 2.90. The number of aryl methyl sites for hydroxylation is 1. The Labute approximate surface area is 142 Å². The van der Waals surface area contributed by atoms with Crippen LogP contribution in [0.15, 0.2) is 18.2 Å². The molecule has 0 aromatic heterocycles. The number of amides is 2. The van der Waals surface area contributed by atoms with Gasteiger partial charge in [-0.25, -0.2) is 0 Å². The van der Waals surface area contributed by atoms with Gasteiger partial charge in [-0.3, -0.25) is 9.59 Å². The molecule has 1 heterocycles. The maximum Gasteiger partial charge on any atom is 0.248 e. The molecule has 2 amide bonds. The second kappa shape index (κ2) is 8.29. The van der Waals surface area contributed by atoms with Crippen molar-refractivity contribution in [3.8, 4) is 0 Å². The first-order valence-electron chi connectivity index (χ1n) is 7.40. The lowest BCUT2D eigenvalue weighted by molar-refractivity contribution is -0.130. The molecule has 1 saturated heterocycles. The zero-order chi connectivity index (χ0) is 16.2. The van der Waals surface area contributed by atoms with Crippen LogP contribution in [0.1, 0.15) is 28.8 Å². The maximum atomic E-state index is 12.7. The lowest BCUT2D eigenvalue weighted by Gasteiger charge is -2.35. The minimum Gasteiger partial charge on any atom is -0.384 e. The molecule has 0 spiro atoms. The second-order valence-corrected chi connectivity index (χ2v) is 5.81. The Bertz CT molecular complexity index is 566. The predicted octanol–water partition coefficient (Wildman–Crippen LogP) is 1.47. The van der Waals surface area contributed by atoms with Crippen LogP contribution in [0.25, 0.3) is 0 Å². The van der Waals surface area contributed by atoms with Crippen LogP contribution in [0.4, 0.5) is 5.69 Å². The van der Waals surface area contributed by atoms with Crippen LogP contribution in [-0.4, -0.2) is 38.6 Å². The number of rotatable bonds is 5. The van der Waals surface area contributed by atoms with E-state index in [1.807, 2.05) is 0 Å². The molecule has 0 radical (unpaired) electrons. The summed E-state index contributed by atoms with van der Waals surface area (Å²) in [5.41, 5.74) is 6.67. The quantitative estimate of drug-likeness (QED) is 0.756. The molecule has 7 heteroatoms. The average Bonchev–Trinajstić information content (AvgIpc) is 2.48. The van der Waals surface area contributed by atoms with Gasteiger partial charge in [0.25, 0.3) is 0 Å². The van der Waals surface area contributed by atoms with Crippen molar-refractivity contribution in [1.29, 1.82) is 0 Å². The van der Waals surface area contributed by atoms with Crippen molar-refractivity contribution < 1.29 is 14.3 Å². The average molecular weight is 342 g/mol. The lowest BCUT2D eigenvalue weighted by atomic mass is 9.78. The van der Waals surface area contributed by atoms with Crippen molar-refractivity contribution in [2.75, 3.05) is 32.1 Å². The van der Waals surface area contributed by atoms with Gasteiger partial charge in [0.05, 0.1) is 12.0 Å². The number of primary amides is 1. The number of carbonyl (C=O) groups is 2. The summed E-state index contributed by atoms with van der Waals surface area (Å²) < 4.78 is 5.27. The fraction of sp³-hybridized carbons (Fsp3) is 0.500. The van der Waals surface area contributed by atoms with E-state index in [1.54, 1.807) is 32.2 Å². The largest absolute Gasteiger partial charge is 0.384 e. The molecule has 1 aliphatic rings. The van der Waals surface area contributed by atoms with Crippen molar-refractivity contribution in [2.24, 2.45) is 11.1 Å². The van der Waals surface area contributed by atoms with Crippen LogP contribution in [-0.2, 0) is 9.53 Å². The van der Waals surface area contributed by atoms with Gasteiger partial charge < -0.3 is 21.1 Å². The molecule has 1 aromatic rings. The third-order valence-electron chi connectivity index (χ3n) is 4.21. The van der Waals surface area contributed by atoms with Crippen molar-refractivity contribution in [2.45, 2.75) is 19.8 Å². The molecule has 4 N–H and O–H groups in total. The zero-order valence-corrected chi connectivity index (χ0v) is 14.3. The highest BCUT2D eigenvalue weighted by atomic mass is 35.5. The normalized spacial score (nSPS) is 16.3. The summed E-state index contributed by atoms with van der Waals surface area (Å²) in [6.45, 7) is 3.80. The van der Waals surface area contributed by atoms with Crippen LogP contribution in [0.3, 0.4) is 0 Å². The molecule has 128 valence electrons. The maximum absolute atomic E-state index is 12.7. The number of piperidine rings is 1. The number of hydrogen-bond donors (Lipinski definition) is 3. The number of anilines is 1. The van der Waals surface area contributed by atoms with Gasteiger partial charge in [0, 0.05) is 18.4 Å². The molecule has 0 saturated carbocycles. The predicted molar refractivity (Wildman–Crippen MR) is 92.0 cm³/mol. The van der Waals surface area contributed by atoms with Crippen molar-refractivity contribution >= 4 is 29.9 Å². The van der Waals surface area contributed by atoms with Crippen LogP contribution in [0, 0.1) is 12.3 Å². The molecule has 1 aliphatic heterocycles. The third kappa shape index (κ3) is 4.43. The Morgan fingerprint density at radius 1 is 1.35 bits per heavy atom. The number of hydrogen-bond acceptors (Lipinski definition) is 4. The number of carbonyl (C=O) groups excluding carboxylic acids is 2. The SMILES string of the molecule is COCC1(C(=O)Nc2ccc(C(N)=O)c(C)c2)CCNCC1.Cl. The van der Waals surface area contributed by atoms with Gasteiger partial charge in [-0.2, -0.15) is 0 Å². The highest BCUT2D eigenvalue weighted by molar-refractivity contribution is 5.98. The van der Waals surface area contributed by atoms with E-state index in [0.717, 1.165) is 31.5 Å². The monoisotopic (exact) mass is 341 g/mol. The van der Waals surface area contributed by atoms with Crippen LogP contribution < -0.4 is 16.4 Å². The summed E-state index contributed by atoms with van der Waals surface area (Å²) in [4.78, 5) is 23.9. The van der Waals surface area contributed by atoms with Gasteiger partial charge in [0.1, 0.15) is 0 Å². The number of nitrogens with one attached hydrogen (secondary N) is 2. The van der Waals surface area contributed by atoms with Crippen LogP contribution in [0.5, 0.6) is 0 Å². The van der Waals surface area contributed by atoms with E-state index in [0.29, 0.717) is 17.9 Å². The van der Waals surface area contributed by atoms with Gasteiger partial charge in [-0.15, -0.1) is 12.4 Å². The molecule has 6 nitrogen and oxygen atoms in total.